The molecule has 2 heterocycles. The Morgan fingerprint density at radius 1 is 0.720 bits per heavy atom. The second-order valence-corrected chi connectivity index (χ2v) is 5.54. The lowest BCUT2D eigenvalue weighted by molar-refractivity contribution is 0.368. The molecule has 0 aliphatic heterocycles. The Hall–Kier alpha value is -2.96. The molecule has 126 valence electrons. The second-order valence-electron chi connectivity index (χ2n) is 5.54. The molecule has 0 aliphatic carbocycles. The van der Waals surface area contributed by atoms with Gasteiger partial charge in [0.2, 0.25) is 5.82 Å². The summed E-state index contributed by atoms with van der Waals surface area (Å²) in [5.74, 6) is -9.72. The van der Waals surface area contributed by atoms with Crippen molar-refractivity contribution in [2.24, 2.45) is 0 Å². The van der Waals surface area contributed by atoms with E-state index in [1.807, 2.05) is 6.07 Å². The highest BCUT2D eigenvalue weighted by Gasteiger charge is 2.26. The monoisotopic (exact) mass is 348 g/mol. The molecule has 0 fully saturated rings. The van der Waals surface area contributed by atoms with E-state index in [9.17, 15) is 22.0 Å². The minimum atomic E-state index is -2.16. The minimum absolute atomic E-state index is 0.512. The van der Waals surface area contributed by atoms with Crippen LogP contribution in [0.5, 0.6) is 0 Å². The number of hydrogen-bond acceptors (Lipinski definition) is 1. The Kier molecular flexibility index (Phi) is 3.45. The van der Waals surface area contributed by atoms with E-state index in [1.54, 1.807) is 30.5 Å². The summed E-state index contributed by atoms with van der Waals surface area (Å²) < 4.78 is 69.8. The Labute approximate surface area is 138 Å². The van der Waals surface area contributed by atoms with Gasteiger partial charge in [-0.25, -0.2) is 22.0 Å². The fourth-order valence-corrected chi connectivity index (χ4v) is 3.01. The van der Waals surface area contributed by atoms with E-state index in [-0.39, 0.29) is 0 Å². The van der Waals surface area contributed by atoms with Crippen LogP contribution >= 0.6 is 0 Å². The zero-order valence-electron chi connectivity index (χ0n) is 12.5. The van der Waals surface area contributed by atoms with Gasteiger partial charge in [0.15, 0.2) is 23.3 Å². The van der Waals surface area contributed by atoms with Gasteiger partial charge in [-0.1, -0.05) is 18.2 Å². The maximum Gasteiger partial charge on any atom is 0.200 e. The number of para-hydroxylation sites is 1. The summed E-state index contributed by atoms with van der Waals surface area (Å²) in [5, 5.41) is 1.57. The predicted octanol–water partition coefficient (Wildman–Crippen LogP) is 4.93. The molecule has 0 aliphatic rings. The van der Waals surface area contributed by atoms with Crippen LogP contribution in [0.1, 0.15) is 5.56 Å². The molecule has 0 saturated heterocycles. The lowest BCUT2D eigenvalue weighted by Gasteiger charge is -2.11. The van der Waals surface area contributed by atoms with Crippen molar-refractivity contribution in [3.8, 4) is 0 Å². The number of aromatic nitrogens is 2. The molecular weight excluding hydrogens is 339 g/mol. The predicted molar refractivity (Wildman–Crippen MR) is 82.6 cm³/mol. The number of benzene rings is 2. The summed E-state index contributed by atoms with van der Waals surface area (Å²) in [5.41, 5.74) is 0.255. The van der Waals surface area contributed by atoms with Gasteiger partial charge in [0, 0.05) is 28.0 Å². The number of halogens is 5. The van der Waals surface area contributed by atoms with Gasteiger partial charge in [-0.15, -0.1) is 0 Å². The van der Waals surface area contributed by atoms with Gasteiger partial charge in [0.05, 0.1) is 18.3 Å². The van der Waals surface area contributed by atoms with Gasteiger partial charge >= 0.3 is 0 Å². The molecule has 0 atom stereocenters. The molecule has 25 heavy (non-hydrogen) atoms. The number of pyridine rings is 1. The largest absolute Gasteiger partial charge is 0.334 e. The molecular formula is C18H9F5N2. The average Bonchev–Trinajstić information content (AvgIpc) is 2.96. The van der Waals surface area contributed by atoms with Gasteiger partial charge in [0.1, 0.15) is 0 Å². The van der Waals surface area contributed by atoms with Gasteiger partial charge in [-0.05, 0) is 12.1 Å². The minimum Gasteiger partial charge on any atom is -0.334 e. The maximum atomic E-state index is 14.0. The topological polar surface area (TPSA) is 17.8 Å². The van der Waals surface area contributed by atoms with Crippen molar-refractivity contribution in [1.29, 1.82) is 0 Å². The summed E-state index contributed by atoms with van der Waals surface area (Å²) in [6.45, 7) is -0.512. The first-order valence-corrected chi connectivity index (χ1v) is 7.32. The van der Waals surface area contributed by atoms with Crippen LogP contribution in [-0.2, 0) is 6.54 Å². The third-order valence-corrected chi connectivity index (χ3v) is 4.19. The highest BCUT2D eigenvalue weighted by molar-refractivity contribution is 6.07. The Morgan fingerprint density at radius 3 is 2.04 bits per heavy atom. The lowest BCUT2D eigenvalue weighted by atomic mass is 10.1. The molecule has 2 aromatic heterocycles. The van der Waals surface area contributed by atoms with Crippen molar-refractivity contribution >= 4 is 21.8 Å². The maximum absolute atomic E-state index is 14.0. The third kappa shape index (κ3) is 2.19. The molecule has 0 bridgehead atoms. The number of rotatable bonds is 2. The molecule has 4 rings (SSSR count). The van der Waals surface area contributed by atoms with Crippen LogP contribution in [0, 0.1) is 29.1 Å². The van der Waals surface area contributed by atoms with Crippen molar-refractivity contribution in [2.75, 3.05) is 0 Å². The van der Waals surface area contributed by atoms with Crippen molar-refractivity contribution < 1.29 is 22.0 Å². The van der Waals surface area contributed by atoms with E-state index >= 15 is 0 Å². The zero-order chi connectivity index (χ0) is 17.7. The molecule has 0 saturated carbocycles. The highest BCUT2D eigenvalue weighted by atomic mass is 19.2. The molecule has 2 nitrogen and oxygen atoms in total. The highest BCUT2D eigenvalue weighted by Crippen LogP contribution is 2.31. The van der Waals surface area contributed by atoms with Crippen molar-refractivity contribution in [3.05, 3.63) is 77.4 Å². The quantitative estimate of drug-likeness (QED) is 0.285. The average molecular weight is 348 g/mol. The van der Waals surface area contributed by atoms with Gasteiger partial charge in [0.25, 0.3) is 0 Å². The molecule has 0 spiro atoms. The van der Waals surface area contributed by atoms with Crippen molar-refractivity contribution in [2.45, 2.75) is 6.54 Å². The SMILES string of the molecule is Fc1c(F)c(F)c(Cn2c3ccccc3c3ccncc32)c(F)c1F. The van der Waals surface area contributed by atoms with Gasteiger partial charge in [-0.2, -0.15) is 0 Å². The van der Waals surface area contributed by atoms with Crippen LogP contribution in [-0.4, -0.2) is 9.55 Å². The fourth-order valence-electron chi connectivity index (χ4n) is 3.01. The lowest BCUT2D eigenvalue weighted by Crippen LogP contribution is -2.11. The molecule has 0 radical (unpaired) electrons. The zero-order valence-corrected chi connectivity index (χ0v) is 12.5. The molecule has 7 heteroatoms. The van der Waals surface area contributed by atoms with Gasteiger partial charge in [-0.3, -0.25) is 4.98 Å². The second kappa shape index (κ2) is 5.54. The normalized spacial score (nSPS) is 11.6. The summed E-state index contributed by atoms with van der Waals surface area (Å²) in [6.07, 6.45) is 3.05. The molecule has 4 aromatic rings. The van der Waals surface area contributed by atoms with Crippen LogP contribution in [0.3, 0.4) is 0 Å². The Morgan fingerprint density at radius 2 is 1.32 bits per heavy atom. The van der Waals surface area contributed by atoms with E-state index in [0.29, 0.717) is 11.0 Å². The van der Waals surface area contributed by atoms with Crippen LogP contribution in [0.15, 0.2) is 42.7 Å². The number of hydrogen-bond donors (Lipinski definition) is 0. The Balaban J connectivity index is 2.01. The van der Waals surface area contributed by atoms with E-state index in [4.69, 9.17) is 0 Å². The van der Waals surface area contributed by atoms with Crippen LogP contribution in [0.2, 0.25) is 0 Å². The standard InChI is InChI=1S/C18H9F5N2/c19-14-11(15(20)17(22)18(23)16(14)21)8-25-12-4-2-1-3-9(12)10-5-6-24-7-13(10)25/h1-7H,8H2. The van der Waals surface area contributed by atoms with Gasteiger partial charge < -0.3 is 4.57 Å². The summed E-state index contributed by atoms with van der Waals surface area (Å²) in [4.78, 5) is 3.99. The van der Waals surface area contributed by atoms with E-state index in [0.717, 1.165) is 10.8 Å². The Bertz CT molecular complexity index is 1050. The smallest absolute Gasteiger partial charge is 0.200 e. The summed E-state index contributed by atoms with van der Waals surface area (Å²) in [7, 11) is 0. The van der Waals surface area contributed by atoms with E-state index in [2.05, 4.69) is 4.98 Å². The fraction of sp³-hybridized carbons (Fsp3) is 0.0556. The van der Waals surface area contributed by atoms with Crippen molar-refractivity contribution in [1.82, 2.24) is 9.55 Å². The van der Waals surface area contributed by atoms with Crippen molar-refractivity contribution in [3.63, 3.8) is 0 Å². The summed E-state index contributed by atoms with van der Waals surface area (Å²) >= 11 is 0. The first-order chi connectivity index (χ1) is 12.0. The first kappa shape index (κ1) is 15.6. The van der Waals surface area contributed by atoms with Crippen LogP contribution < -0.4 is 0 Å². The molecule has 0 unspecified atom stereocenters. The van der Waals surface area contributed by atoms with E-state index in [1.165, 1.54) is 10.8 Å². The van der Waals surface area contributed by atoms with E-state index < -0.39 is 41.2 Å². The summed E-state index contributed by atoms with van der Waals surface area (Å²) in [6, 6.07) is 8.77. The third-order valence-electron chi connectivity index (χ3n) is 4.19. The van der Waals surface area contributed by atoms with Crippen LogP contribution in [0.25, 0.3) is 21.8 Å². The number of nitrogens with zero attached hydrogens (tertiary/aromatic N) is 2. The molecule has 2 aromatic carbocycles. The molecule has 0 amide bonds. The van der Waals surface area contributed by atoms with Crippen LogP contribution in [0.4, 0.5) is 22.0 Å². The molecule has 0 N–H and O–H groups in total. The first-order valence-electron chi connectivity index (χ1n) is 7.32. The number of fused-ring (bicyclic) bond motifs is 3.